The second-order valence-corrected chi connectivity index (χ2v) is 3.80. The van der Waals surface area contributed by atoms with Crippen LogP contribution < -0.4 is 11.1 Å². The van der Waals surface area contributed by atoms with Crippen LogP contribution in [0.5, 0.6) is 0 Å². The third-order valence-corrected chi connectivity index (χ3v) is 2.43. The van der Waals surface area contributed by atoms with Crippen molar-refractivity contribution >= 4 is 17.5 Å². The average molecular weight is 263 g/mol. The Labute approximate surface area is 108 Å². The van der Waals surface area contributed by atoms with Gasteiger partial charge in [-0.2, -0.15) is 4.98 Å². The molecule has 2 aromatic heterocycles. The zero-order valence-electron chi connectivity index (χ0n) is 10.1. The van der Waals surface area contributed by atoms with Gasteiger partial charge in [0.25, 0.3) is 0 Å². The SMILES string of the molecule is Nc1ncc([N+](=O)[O-])c(NCCCn2ccnc2)n1. The van der Waals surface area contributed by atoms with Crippen LogP contribution in [0.4, 0.5) is 17.5 Å². The van der Waals surface area contributed by atoms with Gasteiger partial charge in [0.2, 0.25) is 11.8 Å². The highest BCUT2D eigenvalue weighted by Gasteiger charge is 2.15. The Bertz CT molecular complexity index is 555. The molecule has 0 amide bonds. The number of aromatic nitrogens is 4. The summed E-state index contributed by atoms with van der Waals surface area (Å²) in [6.07, 6.45) is 7.14. The third kappa shape index (κ3) is 3.37. The van der Waals surface area contributed by atoms with Crippen LogP contribution >= 0.6 is 0 Å². The van der Waals surface area contributed by atoms with E-state index >= 15 is 0 Å². The van der Waals surface area contributed by atoms with Gasteiger partial charge in [-0.25, -0.2) is 9.97 Å². The number of imidazole rings is 1. The van der Waals surface area contributed by atoms with Crippen molar-refractivity contribution in [2.45, 2.75) is 13.0 Å². The molecule has 2 rings (SSSR count). The van der Waals surface area contributed by atoms with E-state index in [2.05, 4.69) is 20.3 Å². The molecule has 0 fully saturated rings. The number of nitrogens with one attached hydrogen (secondary N) is 1. The summed E-state index contributed by atoms with van der Waals surface area (Å²) in [5.41, 5.74) is 5.23. The first-order valence-electron chi connectivity index (χ1n) is 5.63. The molecule has 19 heavy (non-hydrogen) atoms. The number of nitrogens with two attached hydrogens (primary N) is 1. The number of aryl methyl sites for hydroxylation is 1. The molecule has 2 heterocycles. The van der Waals surface area contributed by atoms with E-state index in [0.717, 1.165) is 19.2 Å². The minimum Gasteiger partial charge on any atom is -0.368 e. The molecule has 0 bridgehead atoms. The van der Waals surface area contributed by atoms with Gasteiger partial charge in [-0.1, -0.05) is 0 Å². The maximum absolute atomic E-state index is 10.8. The highest BCUT2D eigenvalue weighted by Crippen LogP contribution is 2.20. The molecule has 0 aliphatic heterocycles. The summed E-state index contributed by atoms with van der Waals surface area (Å²) in [6, 6.07) is 0. The Hall–Kier alpha value is -2.71. The fourth-order valence-corrected chi connectivity index (χ4v) is 1.54. The second kappa shape index (κ2) is 5.76. The highest BCUT2D eigenvalue weighted by atomic mass is 16.6. The van der Waals surface area contributed by atoms with Crippen molar-refractivity contribution in [2.24, 2.45) is 0 Å². The summed E-state index contributed by atoms with van der Waals surface area (Å²) >= 11 is 0. The maximum atomic E-state index is 10.8. The van der Waals surface area contributed by atoms with Crippen LogP contribution in [-0.4, -0.2) is 31.0 Å². The second-order valence-electron chi connectivity index (χ2n) is 3.80. The Morgan fingerprint density at radius 3 is 3.05 bits per heavy atom. The normalized spacial score (nSPS) is 10.3. The van der Waals surface area contributed by atoms with Gasteiger partial charge >= 0.3 is 5.69 Å². The molecular weight excluding hydrogens is 250 g/mol. The Morgan fingerprint density at radius 1 is 1.53 bits per heavy atom. The minimum atomic E-state index is -0.544. The lowest BCUT2D eigenvalue weighted by Crippen LogP contribution is -2.10. The summed E-state index contributed by atoms with van der Waals surface area (Å²) in [6.45, 7) is 1.30. The summed E-state index contributed by atoms with van der Waals surface area (Å²) in [5, 5.41) is 13.7. The lowest BCUT2D eigenvalue weighted by molar-refractivity contribution is -0.384. The number of rotatable bonds is 6. The molecule has 0 spiro atoms. The molecule has 0 unspecified atom stereocenters. The zero-order valence-corrected chi connectivity index (χ0v) is 10.1. The van der Waals surface area contributed by atoms with Crippen LogP contribution in [0.2, 0.25) is 0 Å². The van der Waals surface area contributed by atoms with Crippen molar-refractivity contribution in [3.8, 4) is 0 Å². The van der Waals surface area contributed by atoms with E-state index in [1.165, 1.54) is 0 Å². The quantitative estimate of drug-likeness (QED) is 0.445. The third-order valence-electron chi connectivity index (χ3n) is 2.43. The molecule has 0 atom stereocenters. The Morgan fingerprint density at radius 2 is 2.37 bits per heavy atom. The zero-order chi connectivity index (χ0) is 13.7. The van der Waals surface area contributed by atoms with E-state index in [9.17, 15) is 10.1 Å². The lowest BCUT2D eigenvalue weighted by atomic mass is 10.4. The fourth-order valence-electron chi connectivity index (χ4n) is 1.54. The molecule has 0 aliphatic rings. The predicted octanol–water partition coefficient (Wildman–Crippen LogP) is 0.666. The van der Waals surface area contributed by atoms with Gasteiger partial charge < -0.3 is 15.6 Å². The number of hydrogen-bond donors (Lipinski definition) is 2. The van der Waals surface area contributed by atoms with E-state index in [1.807, 2.05) is 10.8 Å². The van der Waals surface area contributed by atoms with E-state index < -0.39 is 4.92 Å². The van der Waals surface area contributed by atoms with Gasteiger partial charge in [0, 0.05) is 25.5 Å². The minimum absolute atomic E-state index is 0.00251. The number of nitro groups is 1. The Kier molecular flexibility index (Phi) is 3.86. The van der Waals surface area contributed by atoms with Gasteiger partial charge in [-0.05, 0) is 6.42 Å². The first kappa shape index (κ1) is 12.7. The van der Waals surface area contributed by atoms with Crippen LogP contribution in [-0.2, 0) is 6.54 Å². The fraction of sp³-hybridized carbons (Fsp3) is 0.300. The molecule has 0 saturated heterocycles. The molecule has 0 saturated carbocycles. The Balaban J connectivity index is 1.91. The van der Waals surface area contributed by atoms with Gasteiger partial charge in [0.1, 0.15) is 6.20 Å². The van der Waals surface area contributed by atoms with Gasteiger partial charge in [-0.3, -0.25) is 10.1 Å². The van der Waals surface area contributed by atoms with Crippen molar-refractivity contribution in [1.29, 1.82) is 0 Å². The first-order chi connectivity index (χ1) is 9.16. The topological polar surface area (TPSA) is 125 Å². The molecule has 9 heteroatoms. The molecule has 9 nitrogen and oxygen atoms in total. The summed E-state index contributed by atoms with van der Waals surface area (Å²) in [7, 11) is 0. The van der Waals surface area contributed by atoms with Crippen molar-refractivity contribution in [3.63, 3.8) is 0 Å². The van der Waals surface area contributed by atoms with E-state index in [1.54, 1.807) is 12.5 Å². The smallest absolute Gasteiger partial charge is 0.329 e. The molecule has 0 aromatic carbocycles. The van der Waals surface area contributed by atoms with Crippen LogP contribution in [0.25, 0.3) is 0 Å². The molecular formula is C10H13N7O2. The first-order valence-corrected chi connectivity index (χ1v) is 5.63. The largest absolute Gasteiger partial charge is 0.368 e. The predicted molar refractivity (Wildman–Crippen MR) is 68.4 cm³/mol. The highest BCUT2D eigenvalue weighted by molar-refractivity contribution is 5.56. The number of nitrogen functional groups attached to an aromatic ring is 1. The summed E-state index contributed by atoms with van der Waals surface area (Å²) in [5.74, 6) is 0.144. The van der Waals surface area contributed by atoms with Gasteiger partial charge in [0.05, 0.1) is 11.3 Å². The van der Waals surface area contributed by atoms with Crippen LogP contribution in [0.15, 0.2) is 24.9 Å². The number of anilines is 2. The summed E-state index contributed by atoms with van der Waals surface area (Å²) in [4.78, 5) is 21.6. The van der Waals surface area contributed by atoms with Crippen molar-refractivity contribution in [2.75, 3.05) is 17.6 Å². The van der Waals surface area contributed by atoms with Crippen LogP contribution in [0.3, 0.4) is 0 Å². The molecule has 2 aromatic rings. The maximum Gasteiger partial charge on any atom is 0.329 e. The van der Waals surface area contributed by atoms with Crippen molar-refractivity contribution < 1.29 is 4.92 Å². The van der Waals surface area contributed by atoms with Crippen LogP contribution in [0, 0.1) is 10.1 Å². The number of nitrogens with zero attached hydrogens (tertiary/aromatic N) is 5. The molecule has 100 valence electrons. The van der Waals surface area contributed by atoms with Crippen molar-refractivity contribution in [1.82, 2.24) is 19.5 Å². The number of hydrogen-bond acceptors (Lipinski definition) is 7. The summed E-state index contributed by atoms with van der Waals surface area (Å²) < 4.78 is 1.92. The van der Waals surface area contributed by atoms with E-state index in [4.69, 9.17) is 5.73 Å². The van der Waals surface area contributed by atoms with E-state index in [0.29, 0.717) is 6.54 Å². The lowest BCUT2D eigenvalue weighted by Gasteiger charge is -2.06. The van der Waals surface area contributed by atoms with E-state index in [-0.39, 0.29) is 17.5 Å². The standard InChI is InChI=1S/C10H13N7O2/c11-10-14-6-8(17(18)19)9(15-10)13-2-1-4-16-5-3-12-7-16/h3,5-7H,1-2,4H2,(H3,11,13,14,15). The van der Waals surface area contributed by atoms with Crippen molar-refractivity contribution in [3.05, 3.63) is 35.0 Å². The van der Waals surface area contributed by atoms with Gasteiger partial charge in [0.15, 0.2) is 0 Å². The average Bonchev–Trinajstić information content (AvgIpc) is 2.87. The molecule has 0 aliphatic carbocycles. The van der Waals surface area contributed by atoms with Gasteiger partial charge in [-0.15, -0.1) is 0 Å². The molecule has 0 radical (unpaired) electrons. The van der Waals surface area contributed by atoms with Crippen LogP contribution in [0.1, 0.15) is 6.42 Å². The molecule has 3 N–H and O–H groups in total. The monoisotopic (exact) mass is 263 g/mol.